The molecule has 2 heterocycles. The SMILES string of the molecule is O=c1cc[nH]c2cc(Br)nn12. The van der Waals surface area contributed by atoms with Crippen molar-refractivity contribution in [1.82, 2.24) is 14.6 Å². The summed E-state index contributed by atoms with van der Waals surface area (Å²) < 4.78 is 1.95. The molecule has 0 saturated heterocycles. The molecule has 0 unspecified atom stereocenters. The molecule has 56 valence electrons. The quantitative estimate of drug-likeness (QED) is 0.704. The summed E-state index contributed by atoms with van der Waals surface area (Å²) in [5.74, 6) is 0. The zero-order chi connectivity index (χ0) is 7.84. The van der Waals surface area contributed by atoms with Crippen LogP contribution in [-0.4, -0.2) is 14.6 Å². The number of nitrogens with zero attached hydrogens (tertiary/aromatic N) is 2. The molecule has 5 heteroatoms. The van der Waals surface area contributed by atoms with E-state index in [-0.39, 0.29) is 5.56 Å². The van der Waals surface area contributed by atoms with Crippen molar-refractivity contribution in [3.63, 3.8) is 0 Å². The van der Waals surface area contributed by atoms with E-state index in [1.54, 1.807) is 12.3 Å². The highest BCUT2D eigenvalue weighted by atomic mass is 79.9. The minimum absolute atomic E-state index is 0.135. The van der Waals surface area contributed by atoms with Gasteiger partial charge in [-0.15, -0.1) is 0 Å². The number of rotatable bonds is 0. The molecule has 0 radical (unpaired) electrons. The molecule has 0 aliphatic heterocycles. The Morgan fingerprint density at radius 3 is 3.18 bits per heavy atom. The van der Waals surface area contributed by atoms with E-state index in [1.807, 2.05) is 0 Å². The van der Waals surface area contributed by atoms with Crippen molar-refractivity contribution in [3.8, 4) is 0 Å². The number of halogens is 1. The van der Waals surface area contributed by atoms with Gasteiger partial charge >= 0.3 is 0 Å². The summed E-state index contributed by atoms with van der Waals surface area (Å²) in [6, 6.07) is 3.16. The third-order valence-electron chi connectivity index (χ3n) is 1.35. The summed E-state index contributed by atoms with van der Waals surface area (Å²) in [6.07, 6.45) is 1.59. The Bertz CT molecular complexity index is 444. The molecule has 0 fully saturated rings. The Labute approximate surface area is 70.0 Å². The van der Waals surface area contributed by atoms with Crippen LogP contribution in [0.2, 0.25) is 0 Å². The molecular formula is C6H4BrN3O. The fourth-order valence-corrected chi connectivity index (χ4v) is 1.27. The van der Waals surface area contributed by atoms with Crippen molar-refractivity contribution < 1.29 is 0 Å². The normalized spacial score (nSPS) is 10.6. The predicted molar refractivity (Wildman–Crippen MR) is 43.5 cm³/mol. The molecule has 0 spiro atoms. The van der Waals surface area contributed by atoms with E-state index >= 15 is 0 Å². The van der Waals surface area contributed by atoms with Crippen molar-refractivity contribution in [3.05, 3.63) is 33.3 Å². The van der Waals surface area contributed by atoms with Crippen LogP contribution in [-0.2, 0) is 0 Å². The fraction of sp³-hybridized carbons (Fsp3) is 0. The number of nitrogens with one attached hydrogen (secondary N) is 1. The van der Waals surface area contributed by atoms with Gasteiger partial charge in [0.1, 0.15) is 10.3 Å². The van der Waals surface area contributed by atoms with Gasteiger partial charge in [0.25, 0.3) is 5.56 Å². The molecule has 0 amide bonds. The Hall–Kier alpha value is -1.10. The standard InChI is InChI=1S/C6H4BrN3O/c7-4-3-5-8-2-1-6(11)10(5)9-4/h1-3,8H. The molecule has 0 aromatic carbocycles. The van der Waals surface area contributed by atoms with Crippen LogP contribution in [0.25, 0.3) is 5.65 Å². The highest BCUT2D eigenvalue weighted by Gasteiger charge is 1.98. The van der Waals surface area contributed by atoms with E-state index in [1.165, 1.54) is 10.6 Å². The van der Waals surface area contributed by atoms with Crippen molar-refractivity contribution >= 4 is 21.6 Å². The van der Waals surface area contributed by atoms with Crippen molar-refractivity contribution in [2.24, 2.45) is 0 Å². The number of H-pyrrole nitrogens is 1. The van der Waals surface area contributed by atoms with Gasteiger partial charge in [-0.05, 0) is 15.9 Å². The van der Waals surface area contributed by atoms with Gasteiger partial charge in [-0.3, -0.25) is 4.79 Å². The van der Waals surface area contributed by atoms with Gasteiger partial charge in [-0.2, -0.15) is 9.61 Å². The first kappa shape index (κ1) is 6.60. The van der Waals surface area contributed by atoms with Crippen LogP contribution in [0.4, 0.5) is 0 Å². The first-order chi connectivity index (χ1) is 5.27. The second-order valence-electron chi connectivity index (χ2n) is 2.08. The van der Waals surface area contributed by atoms with E-state index in [9.17, 15) is 4.79 Å². The molecule has 0 bridgehead atoms. The monoisotopic (exact) mass is 213 g/mol. The molecule has 2 aromatic heterocycles. The van der Waals surface area contributed by atoms with E-state index in [0.717, 1.165) is 0 Å². The predicted octanol–water partition coefficient (Wildman–Crippen LogP) is 0.785. The minimum Gasteiger partial charge on any atom is -0.346 e. The van der Waals surface area contributed by atoms with Crippen LogP contribution < -0.4 is 5.56 Å². The molecule has 0 aliphatic carbocycles. The zero-order valence-corrected chi connectivity index (χ0v) is 7.00. The molecule has 4 nitrogen and oxygen atoms in total. The fourth-order valence-electron chi connectivity index (χ4n) is 0.892. The summed E-state index contributed by atoms with van der Waals surface area (Å²) in [6.45, 7) is 0. The Kier molecular flexibility index (Phi) is 1.32. The topological polar surface area (TPSA) is 50.2 Å². The number of hydrogen-bond acceptors (Lipinski definition) is 2. The van der Waals surface area contributed by atoms with Crippen LogP contribution in [0.3, 0.4) is 0 Å². The average molecular weight is 214 g/mol. The molecule has 11 heavy (non-hydrogen) atoms. The van der Waals surface area contributed by atoms with Crippen LogP contribution in [0.15, 0.2) is 27.7 Å². The highest BCUT2D eigenvalue weighted by Crippen LogP contribution is 2.06. The van der Waals surface area contributed by atoms with Crippen LogP contribution in [0.5, 0.6) is 0 Å². The summed E-state index contributed by atoms with van der Waals surface area (Å²) in [4.78, 5) is 13.9. The first-order valence-electron chi connectivity index (χ1n) is 3.00. The molecule has 0 atom stereocenters. The lowest BCUT2D eigenvalue weighted by Crippen LogP contribution is -2.12. The Balaban J connectivity index is 3.02. The number of hydrogen-bond donors (Lipinski definition) is 1. The highest BCUT2D eigenvalue weighted by molar-refractivity contribution is 9.10. The molecule has 1 N–H and O–H groups in total. The van der Waals surface area contributed by atoms with Crippen LogP contribution in [0.1, 0.15) is 0 Å². The summed E-state index contributed by atoms with van der Waals surface area (Å²) in [5.41, 5.74) is 0.550. The van der Waals surface area contributed by atoms with Crippen LogP contribution >= 0.6 is 15.9 Å². The number of aromatic nitrogens is 3. The molecular weight excluding hydrogens is 210 g/mol. The van der Waals surface area contributed by atoms with Gasteiger partial charge in [0.2, 0.25) is 0 Å². The third kappa shape index (κ3) is 0.970. The number of aromatic amines is 1. The molecule has 0 aliphatic rings. The third-order valence-corrected chi connectivity index (χ3v) is 1.73. The van der Waals surface area contributed by atoms with Gasteiger partial charge in [0, 0.05) is 18.3 Å². The van der Waals surface area contributed by atoms with Gasteiger partial charge in [-0.25, -0.2) is 0 Å². The first-order valence-corrected chi connectivity index (χ1v) is 3.79. The summed E-state index contributed by atoms with van der Waals surface area (Å²) in [7, 11) is 0. The van der Waals surface area contributed by atoms with Crippen molar-refractivity contribution in [2.75, 3.05) is 0 Å². The zero-order valence-electron chi connectivity index (χ0n) is 5.41. The van der Waals surface area contributed by atoms with Crippen LogP contribution in [0, 0.1) is 0 Å². The van der Waals surface area contributed by atoms with E-state index in [4.69, 9.17) is 0 Å². The van der Waals surface area contributed by atoms with Crippen molar-refractivity contribution in [2.45, 2.75) is 0 Å². The summed E-state index contributed by atoms with van der Waals surface area (Å²) >= 11 is 3.17. The largest absolute Gasteiger partial charge is 0.346 e. The maximum Gasteiger partial charge on any atom is 0.274 e. The molecule has 2 rings (SSSR count). The van der Waals surface area contributed by atoms with Gasteiger partial charge in [-0.1, -0.05) is 0 Å². The average Bonchev–Trinajstić information content (AvgIpc) is 2.31. The Morgan fingerprint density at radius 1 is 1.64 bits per heavy atom. The second-order valence-corrected chi connectivity index (χ2v) is 2.89. The molecule has 2 aromatic rings. The van der Waals surface area contributed by atoms with Crippen molar-refractivity contribution in [1.29, 1.82) is 0 Å². The summed E-state index contributed by atoms with van der Waals surface area (Å²) in [5, 5.41) is 3.90. The van der Waals surface area contributed by atoms with Gasteiger partial charge in [0.05, 0.1) is 0 Å². The van der Waals surface area contributed by atoms with Gasteiger partial charge in [0.15, 0.2) is 0 Å². The smallest absolute Gasteiger partial charge is 0.274 e. The second kappa shape index (κ2) is 2.20. The molecule has 0 saturated carbocycles. The van der Waals surface area contributed by atoms with E-state index in [0.29, 0.717) is 10.3 Å². The maximum absolute atomic E-state index is 11.1. The Morgan fingerprint density at radius 2 is 2.45 bits per heavy atom. The lowest BCUT2D eigenvalue weighted by atomic mass is 10.6. The van der Waals surface area contributed by atoms with Gasteiger partial charge < -0.3 is 4.98 Å². The lowest BCUT2D eigenvalue weighted by molar-refractivity contribution is 0.889. The lowest BCUT2D eigenvalue weighted by Gasteiger charge is -1.87. The maximum atomic E-state index is 11.1. The van der Waals surface area contributed by atoms with E-state index in [2.05, 4.69) is 26.0 Å². The minimum atomic E-state index is -0.135. The number of fused-ring (bicyclic) bond motifs is 1. The van der Waals surface area contributed by atoms with E-state index < -0.39 is 0 Å².